The van der Waals surface area contributed by atoms with E-state index >= 15 is 0 Å². The molecule has 32 heavy (non-hydrogen) atoms. The second-order valence-electron chi connectivity index (χ2n) is 6.94. The maximum Gasteiger partial charge on any atom is 0.172 e. The van der Waals surface area contributed by atoms with Gasteiger partial charge in [0.05, 0.1) is 32.5 Å². The minimum absolute atomic E-state index is 0.333. The highest BCUT2D eigenvalue weighted by Gasteiger charge is 2.16. The van der Waals surface area contributed by atoms with Gasteiger partial charge in [0.1, 0.15) is 19.0 Å². The molecule has 3 rings (SSSR count). The number of carbonyl (C=O) groups excluding carboxylic acids is 1. The molecule has 0 aliphatic heterocycles. The molecule has 0 saturated carbocycles. The lowest BCUT2D eigenvalue weighted by Crippen LogP contribution is -2.10. The van der Waals surface area contributed by atoms with Crippen LogP contribution in [-0.2, 0) is 16.1 Å². The van der Waals surface area contributed by atoms with Crippen molar-refractivity contribution in [2.75, 3.05) is 40.6 Å². The van der Waals surface area contributed by atoms with Crippen molar-refractivity contribution < 1.29 is 28.5 Å². The van der Waals surface area contributed by atoms with Crippen molar-refractivity contribution in [1.29, 1.82) is 0 Å². The molecule has 0 saturated heterocycles. The van der Waals surface area contributed by atoms with Gasteiger partial charge < -0.3 is 23.7 Å². The molecule has 0 aliphatic carbocycles. The molecule has 0 fully saturated rings. The molecule has 6 heteroatoms. The van der Waals surface area contributed by atoms with Gasteiger partial charge in [-0.1, -0.05) is 48.5 Å². The summed E-state index contributed by atoms with van der Waals surface area (Å²) in [7, 11) is 3.19. The Morgan fingerprint density at radius 1 is 0.781 bits per heavy atom. The number of para-hydroxylation sites is 1. The lowest BCUT2D eigenvalue weighted by molar-refractivity contribution is 0.0545. The van der Waals surface area contributed by atoms with E-state index in [9.17, 15) is 4.79 Å². The fourth-order valence-electron chi connectivity index (χ4n) is 3.19. The van der Waals surface area contributed by atoms with Gasteiger partial charge in [-0.2, -0.15) is 0 Å². The van der Waals surface area contributed by atoms with E-state index < -0.39 is 0 Å². The van der Waals surface area contributed by atoms with Crippen molar-refractivity contribution in [1.82, 2.24) is 0 Å². The van der Waals surface area contributed by atoms with Crippen LogP contribution in [0.1, 0.15) is 15.9 Å². The molecule has 0 unspecified atom stereocenters. The third kappa shape index (κ3) is 6.33. The van der Waals surface area contributed by atoms with Gasteiger partial charge in [0.25, 0.3) is 0 Å². The fourth-order valence-corrected chi connectivity index (χ4v) is 3.19. The van der Waals surface area contributed by atoms with E-state index in [4.69, 9.17) is 23.7 Å². The summed E-state index contributed by atoms with van der Waals surface area (Å²) in [5, 5.41) is 0. The molecule has 3 aromatic rings. The second-order valence-corrected chi connectivity index (χ2v) is 6.94. The van der Waals surface area contributed by atoms with Gasteiger partial charge in [0, 0.05) is 12.7 Å². The van der Waals surface area contributed by atoms with E-state index in [1.54, 1.807) is 20.3 Å². The average molecular weight is 437 g/mol. The van der Waals surface area contributed by atoms with E-state index in [0.717, 1.165) is 23.0 Å². The van der Waals surface area contributed by atoms with Crippen LogP contribution in [0.2, 0.25) is 0 Å². The predicted molar refractivity (Wildman–Crippen MR) is 123 cm³/mol. The minimum atomic E-state index is 0.333. The first kappa shape index (κ1) is 23.3. The van der Waals surface area contributed by atoms with Gasteiger partial charge in [-0.3, -0.25) is 4.79 Å². The van der Waals surface area contributed by atoms with E-state index in [1.807, 2.05) is 60.7 Å². The van der Waals surface area contributed by atoms with Crippen molar-refractivity contribution in [3.63, 3.8) is 0 Å². The summed E-state index contributed by atoms with van der Waals surface area (Å²) in [6, 6.07) is 21.1. The first-order valence-electron chi connectivity index (χ1n) is 10.4. The summed E-state index contributed by atoms with van der Waals surface area (Å²) in [6.45, 7) is 2.25. The van der Waals surface area contributed by atoms with Crippen molar-refractivity contribution in [2.45, 2.75) is 6.61 Å². The largest absolute Gasteiger partial charge is 0.493 e. The van der Waals surface area contributed by atoms with Crippen molar-refractivity contribution in [3.05, 3.63) is 77.9 Å². The summed E-state index contributed by atoms with van der Waals surface area (Å²) < 4.78 is 27.9. The molecular weight excluding hydrogens is 408 g/mol. The summed E-state index contributed by atoms with van der Waals surface area (Å²) in [4.78, 5) is 11.9. The number of ether oxygens (including phenoxy) is 5. The Bertz CT molecular complexity index is 987. The SMILES string of the molecule is COCCOCCOc1ccccc1-c1cc(C=O)c(OCc2ccccc2)c(OC)c1. The third-order valence-corrected chi connectivity index (χ3v) is 4.77. The van der Waals surface area contributed by atoms with Crippen molar-refractivity contribution in [2.24, 2.45) is 0 Å². The molecule has 168 valence electrons. The van der Waals surface area contributed by atoms with Crippen LogP contribution >= 0.6 is 0 Å². The minimum Gasteiger partial charge on any atom is -0.493 e. The van der Waals surface area contributed by atoms with Crippen LogP contribution in [0.5, 0.6) is 17.2 Å². The molecule has 3 aromatic carbocycles. The monoisotopic (exact) mass is 436 g/mol. The van der Waals surface area contributed by atoms with Crippen LogP contribution < -0.4 is 14.2 Å². The molecule has 0 heterocycles. The number of benzene rings is 3. The van der Waals surface area contributed by atoms with Crippen LogP contribution in [-0.4, -0.2) is 46.9 Å². The standard InChI is InChI=1S/C26H28O6/c1-28-12-13-30-14-15-31-24-11-7-6-10-23(24)21-16-22(18-27)26(25(17-21)29-2)32-19-20-8-4-3-5-9-20/h3-11,16-18H,12-15,19H2,1-2H3. The Hall–Kier alpha value is -3.35. The lowest BCUT2D eigenvalue weighted by atomic mass is 10.0. The van der Waals surface area contributed by atoms with Gasteiger partial charge in [-0.05, 0) is 29.3 Å². The molecule has 0 spiro atoms. The van der Waals surface area contributed by atoms with Gasteiger partial charge in [0.15, 0.2) is 17.8 Å². The molecule has 6 nitrogen and oxygen atoms in total. The summed E-state index contributed by atoms with van der Waals surface area (Å²) in [5.41, 5.74) is 3.06. The molecule has 0 radical (unpaired) electrons. The molecule has 0 bridgehead atoms. The highest BCUT2D eigenvalue weighted by molar-refractivity contribution is 5.86. The molecule has 0 amide bonds. The van der Waals surface area contributed by atoms with Crippen LogP contribution in [0.4, 0.5) is 0 Å². The number of carbonyl (C=O) groups is 1. The number of rotatable bonds is 13. The zero-order valence-electron chi connectivity index (χ0n) is 18.4. The van der Waals surface area contributed by atoms with Crippen LogP contribution in [0.15, 0.2) is 66.7 Å². The molecular formula is C26H28O6. The smallest absolute Gasteiger partial charge is 0.172 e. The quantitative estimate of drug-likeness (QED) is 0.283. The van der Waals surface area contributed by atoms with E-state index in [0.29, 0.717) is 55.8 Å². The number of hydrogen-bond donors (Lipinski definition) is 0. The summed E-state index contributed by atoms with van der Waals surface area (Å²) >= 11 is 0. The summed E-state index contributed by atoms with van der Waals surface area (Å²) in [6.07, 6.45) is 0.777. The van der Waals surface area contributed by atoms with Crippen LogP contribution in [0, 0.1) is 0 Å². The maximum absolute atomic E-state index is 11.9. The second kappa shape index (κ2) is 12.5. The Kier molecular flexibility index (Phi) is 9.10. The van der Waals surface area contributed by atoms with Gasteiger partial charge in [-0.25, -0.2) is 0 Å². The predicted octanol–water partition coefficient (Wildman–Crippen LogP) is 4.80. The first-order chi connectivity index (χ1) is 15.8. The van der Waals surface area contributed by atoms with E-state index in [1.165, 1.54) is 0 Å². The van der Waals surface area contributed by atoms with E-state index in [-0.39, 0.29) is 0 Å². The van der Waals surface area contributed by atoms with Gasteiger partial charge in [-0.15, -0.1) is 0 Å². The van der Waals surface area contributed by atoms with Crippen LogP contribution in [0.3, 0.4) is 0 Å². The average Bonchev–Trinajstić information content (AvgIpc) is 2.85. The molecule has 0 atom stereocenters. The zero-order chi connectivity index (χ0) is 22.6. The van der Waals surface area contributed by atoms with Crippen molar-refractivity contribution in [3.8, 4) is 28.4 Å². The normalized spacial score (nSPS) is 10.6. The fraction of sp³-hybridized carbons (Fsp3) is 0.269. The topological polar surface area (TPSA) is 63.2 Å². The Balaban J connectivity index is 1.80. The number of hydrogen-bond acceptors (Lipinski definition) is 6. The Morgan fingerprint density at radius 3 is 2.28 bits per heavy atom. The summed E-state index contributed by atoms with van der Waals surface area (Å²) in [5.74, 6) is 1.60. The Labute approximate surface area is 188 Å². The van der Waals surface area contributed by atoms with Crippen molar-refractivity contribution >= 4 is 6.29 Å². The highest BCUT2D eigenvalue weighted by atomic mass is 16.5. The zero-order valence-corrected chi connectivity index (χ0v) is 18.4. The third-order valence-electron chi connectivity index (χ3n) is 4.77. The van der Waals surface area contributed by atoms with Crippen LogP contribution in [0.25, 0.3) is 11.1 Å². The van der Waals surface area contributed by atoms with Gasteiger partial charge >= 0.3 is 0 Å². The molecule has 0 aromatic heterocycles. The molecule has 0 N–H and O–H groups in total. The number of methoxy groups -OCH3 is 2. The number of aldehydes is 1. The Morgan fingerprint density at radius 2 is 1.53 bits per heavy atom. The van der Waals surface area contributed by atoms with Gasteiger partial charge in [0.2, 0.25) is 0 Å². The molecule has 0 aliphatic rings. The van der Waals surface area contributed by atoms with E-state index in [2.05, 4.69) is 0 Å². The highest BCUT2D eigenvalue weighted by Crippen LogP contribution is 2.39. The lowest BCUT2D eigenvalue weighted by Gasteiger charge is -2.17. The first-order valence-corrected chi connectivity index (χ1v) is 10.4. The maximum atomic E-state index is 11.9.